The minimum absolute atomic E-state index is 0.138. The van der Waals surface area contributed by atoms with Gasteiger partial charge < -0.3 is 10.2 Å². The van der Waals surface area contributed by atoms with Gasteiger partial charge in [-0.3, -0.25) is 9.59 Å². The van der Waals surface area contributed by atoms with Crippen LogP contribution in [0.25, 0.3) is 16.5 Å². The zero-order chi connectivity index (χ0) is 17.1. The quantitative estimate of drug-likeness (QED) is 0.871. The van der Waals surface area contributed by atoms with Crippen molar-refractivity contribution in [3.63, 3.8) is 0 Å². The van der Waals surface area contributed by atoms with Crippen LogP contribution in [0.15, 0.2) is 42.5 Å². The van der Waals surface area contributed by atoms with Crippen LogP contribution in [-0.2, 0) is 9.59 Å². The number of thiophene rings is 1. The number of nitrogens with one attached hydrogen (secondary N) is 1. The molecule has 1 aliphatic rings. The van der Waals surface area contributed by atoms with Crippen molar-refractivity contribution in [2.75, 3.05) is 13.1 Å². The third kappa shape index (κ3) is 3.38. The predicted molar refractivity (Wildman–Crippen MR) is 92.9 cm³/mol. The topological polar surface area (TPSA) is 49.4 Å². The predicted octanol–water partition coefficient (Wildman–Crippen LogP) is 2.91. The summed E-state index contributed by atoms with van der Waals surface area (Å²) in [5.74, 6) is -0.599. The van der Waals surface area contributed by atoms with Crippen LogP contribution < -0.4 is 5.32 Å². The molecule has 1 saturated heterocycles. The minimum Gasteiger partial charge on any atom is -0.353 e. The summed E-state index contributed by atoms with van der Waals surface area (Å²) in [5.41, 5.74) is 0.551. The Balaban J connectivity index is 1.72. The van der Waals surface area contributed by atoms with E-state index >= 15 is 0 Å². The Morgan fingerprint density at radius 1 is 1.33 bits per heavy atom. The average molecular weight is 344 g/mol. The number of halogens is 1. The average Bonchev–Trinajstić information content (AvgIpc) is 3.04. The lowest BCUT2D eigenvalue weighted by molar-refractivity contribution is -0.139. The summed E-state index contributed by atoms with van der Waals surface area (Å²) in [6, 6.07) is 9.83. The molecule has 1 fully saturated rings. The number of carbonyl (C=O) groups excluding carboxylic acids is 2. The molecule has 6 heteroatoms. The van der Waals surface area contributed by atoms with Gasteiger partial charge in [-0.2, -0.15) is 0 Å². The second-order valence-corrected chi connectivity index (χ2v) is 6.63. The molecule has 1 aliphatic heterocycles. The van der Waals surface area contributed by atoms with Gasteiger partial charge >= 0.3 is 0 Å². The summed E-state index contributed by atoms with van der Waals surface area (Å²) >= 11 is 1.41. The van der Waals surface area contributed by atoms with Crippen molar-refractivity contribution in [2.24, 2.45) is 0 Å². The molecule has 124 valence electrons. The summed E-state index contributed by atoms with van der Waals surface area (Å²) in [7, 11) is 0. The van der Waals surface area contributed by atoms with Crippen LogP contribution in [0.1, 0.15) is 11.8 Å². The van der Waals surface area contributed by atoms with Gasteiger partial charge in [-0.1, -0.05) is 18.2 Å². The number of piperazine rings is 1. The van der Waals surface area contributed by atoms with Gasteiger partial charge in [-0.15, -0.1) is 11.3 Å². The molecule has 1 aromatic carbocycles. The first-order valence-electron chi connectivity index (χ1n) is 7.67. The van der Waals surface area contributed by atoms with Crippen LogP contribution in [-0.4, -0.2) is 35.8 Å². The van der Waals surface area contributed by atoms with E-state index in [0.29, 0.717) is 18.7 Å². The monoisotopic (exact) mass is 344 g/mol. The second kappa shape index (κ2) is 6.97. The van der Waals surface area contributed by atoms with Gasteiger partial charge in [-0.25, -0.2) is 4.39 Å². The van der Waals surface area contributed by atoms with Crippen LogP contribution in [0.2, 0.25) is 0 Å². The maximum absolute atomic E-state index is 13.8. The Morgan fingerprint density at radius 3 is 2.92 bits per heavy atom. The summed E-state index contributed by atoms with van der Waals surface area (Å²) in [5, 5.41) is 2.73. The molecule has 4 nitrogen and oxygen atoms in total. The molecule has 0 spiro atoms. The largest absolute Gasteiger partial charge is 0.353 e. The molecular weight excluding hydrogens is 327 g/mol. The fraction of sp³-hybridized carbons (Fsp3) is 0.222. The van der Waals surface area contributed by atoms with Gasteiger partial charge in [0.25, 0.3) is 0 Å². The Morgan fingerprint density at radius 2 is 2.12 bits per heavy atom. The van der Waals surface area contributed by atoms with Crippen molar-refractivity contribution >= 4 is 29.2 Å². The molecule has 2 heterocycles. The van der Waals surface area contributed by atoms with E-state index < -0.39 is 6.04 Å². The van der Waals surface area contributed by atoms with Gasteiger partial charge in [-0.05, 0) is 31.2 Å². The van der Waals surface area contributed by atoms with Gasteiger partial charge in [0, 0.05) is 34.5 Å². The summed E-state index contributed by atoms with van der Waals surface area (Å²) in [6.45, 7) is 2.68. The van der Waals surface area contributed by atoms with Crippen molar-refractivity contribution in [2.45, 2.75) is 13.0 Å². The number of hydrogen-bond donors (Lipinski definition) is 1. The number of hydrogen-bond acceptors (Lipinski definition) is 3. The summed E-state index contributed by atoms with van der Waals surface area (Å²) < 4.78 is 13.8. The van der Waals surface area contributed by atoms with Crippen LogP contribution in [0, 0.1) is 5.82 Å². The lowest BCUT2D eigenvalue weighted by atomic mass is 10.2. The number of benzene rings is 1. The van der Waals surface area contributed by atoms with E-state index in [1.165, 1.54) is 23.5 Å². The minimum atomic E-state index is -0.465. The Hall–Kier alpha value is -2.47. The first-order valence-corrected chi connectivity index (χ1v) is 8.49. The van der Waals surface area contributed by atoms with Gasteiger partial charge in [0.1, 0.15) is 11.9 Å². The second-order valence-electron chi connectivity index (χ2n) is 5.51. The molecule has 0 bridgehead atoms. The molecule has 2 aromatic rings. The number of carbonyl (C=O) groups is 2. The number of nitrogens with zero attached hydrogens (tertiary/aromatic N) is 1. The zero-order valence-corrected chi connectivity index (χ0v) is 14.0. The maximum atomic E-state index is 13.8. The highest BCUT2D eigenvalue weighted by Crippen LogP contribution is 2.30. The summed E-state index contributed by atoms with van der Waals surface area (Å²) in [4.78, 5) is 27.1. The fourth-order valence-electron chi connectivity index (χ4n) is 2.58. The van der Waals surface area contributed by atoms with Crippen LogP contribution in [0.5, 0.6) is 0 Å². The fourth-order valence-corrected chi connectivity index (χ4v) is 3.52. The van der Waals surface area contributed by atoms with Crippen LogP contribution in [0.4, 0.5) is 4.39 Å². The van der Waals surface area contributed by atoms with Crippen molar-refractivity contribution in [1.82, 2.24) is 10.2 Å². The number of rotatable bonds is 3. The van der Waals surface area contributed by atoms with Crippen molar-refractivity contribution < 1.29 is 14.0 Å². The molecule has 1 atom stereocenters. The first-order chi connectivity index (χ1) is 11.6. The molecule has 24 heavy (non-hydrogen) atoms. The first kappa shape index (κ1) is 16.4. The molecule has 3 rings (SSSR count). The van der Waals surface area contributed by atoms with Crippen molar-refractivity contribution in [3.05, 3.63) is 53.2 Å². The Labute approximate surface area is 143 Å². The molecule has 0 radical (unpaired) electrons. The lowest BCUT2D eigenvalue weighted by Crippen LogP contribution is -2.55. The maximum Gasteiger partial charge on any atom is 0.247 e. The smallest absolute Gasteiger partial charge is 0.247 e. The standard InChI is InChI=1S/C18H17FN2O2S/c1-12-18(23)20-10-11-21(12)17(22)9-7-13-6-8-16(24-13)14-4-2-3-5-15(14)19/h2-9,12H,10-11H2,1H3,(H,20,23). The van der Waals surface area contributed by atoms with Gasteiger partial charge in [0.05, 0.1) is 0 Å². The summed E-state index contributed by atoms with van der Waals surface area (Å²) in [6.07, 6.45) is 3.17. The van der Waals surface area contributed by atoms with E-state index in [-0.39, 0.29) is 17.6 Å². The lowest BCUT2D eigenvalue weighted by Gasteiger charge is -2.31. The van der Waals surface area contributed by atoms with Crippen molar-refractivity contribution in [3.8, 4) is 10.4 Å². The van der Waals surface area contributed by atoms with E-state index in [0.717, 1.165) is 9.75 Å². The normalized spacial score (nSPS) is 18.0. The van der Waals surface area contributed by atoms with E-state index in [2.05, 4.69) is 5.32 Å². The SMILES string of the molecule is CC1C(=O)NCCN1C(=O)C=Cc1ccc(-c2ccccc2F)s1. The third-order valence-electron chi connectivity index (χ3n) is 3.94. The highest BCUT2D eigenvalue weighted by atomic mass is 32.1. The highest BCUT2D eigenvalue weighted by molar-refractivity contribution is 7.16. The number of amides is 2. The van der Waals surface area contributed by atoms with Gasteiger partial charge in [0.15, 0.2) is 0 Å². The molecule has 1 unspecified atom stereocenters. The third-order valence-corrected chi connectivity index (χ3v) is 5.02. The van der Waals surface area contributed by atoms with Gasteiger partial charge in [0.2, 0.25) is 11.8 Å². The van der Waals surface area contributed by atoms with E-state index in [1.54, 1.807) is 36.1 Å². The van der Waals surface area contributed by atoms with Crippen LogP contribution >= 0.6 is 11.3 Å². The Kier molecular flexibility index (Phi) is 4.76. The zero-order valence-electron chi connectivity index (χ0n) is 13.2. The molecule has 0 saturated carbocycles. The van der Waals surface area contributed by atoms with E-state index in [9.17, 15) is 14.0 Å². The molecule has 0 aliphatic carbocycles. The molecule has 1 N–H and O–H groups in total. The van der Waals surface area contributed by atoms with E-state index in [4.69, 9.17) is 0 Å². The molecule has 1 aromatic heterocycles. The van der Waals surface area contributed by atoms with Crippen LogP contribution in [0.3, 0.4) is 0 Å². The van der Waals surface area contributed by atoms with E-state index in [1.807, 2.05) is 12.1 Å². The molecular formula is C18H17FN2O2S. The highest BCUT2D eigenvalue weighted by Gasteiger charge is 2.27. The Bertz CT molecular complexity index is 800. The molecule has 2 amide bonds. The van der Waals surface area contributed by atoms with Crippen molar-refractivity contribution in [1.29, 1.82) is 0 Å².